The monoisotopic (exact) mass is 946 g/mol. The van der Waals surface area contributed by atoms with Gasteiger partial charge >= 0.3 is 0 Å². The molecule has 0 fully saturated rings. The number of rotatable bonds is 8. The van der Waals surface area contributed by atoms with Crippen molar-refractivity contribution < 1.29 is 0 Å². The van der Waals surface area contributed by atoms with Crippen molar-refractivity contribution in [3.05, 3.63) is 255 Å². The van der Waals surface area contributed by atoms with Gasteiger partial charge in [-0.3, -0.25) is 13.7 Å². The molecule has 0 aliphatic rings. The molecule has 0 saturated heterocycles. The Labute approximate surface area is 425 Å². The van der Waals surface area contributed by atoms with Gasteiger partial charge < -0.3 is 4.57 Å². The van der Waals surface area contributed by atoms with Crippen LogP contribution in [0.1, 0.15) is 0 Å². The second-order valence-corrected chi connectivity index (χ2v) is 18.7. The summed E-state index contributed by atoms with van der Waals surface area (Å²) in [6.45, 7) is 0. The molecule has 0 atom stereocenters. The SMILES string of the molecule is c1ccc(-c2nc(-c3ccccc3)nc(-n3c4ccccc4c4cc(-c5ccc6c(c5)c5ccc7c(c8c(nc(-c9ccccc9)n8-c8ccccc8)n7-c7ccccc7)c5n6-c5ccccc5)ccc43)n2)cc1. The molecular weight excluding hydrogens is 905 g/mol. The van der Waals surface area contributed by atoms with Gasteiger partial charge in [-0.25, -0.2) is 9.97 Å². The number of fused-ring (bicyclic) bond motifs is 10. The van der Waals surface area contributed by atoms with E-state index < -0.39 is 0 Å². The van der Waals surface area contributed by atoms with Crippen LogP contribution in [0.15, 0.2) is 255 Å². The highest BCUT2D eigenvalue weighted by molar-refractivity contribution is 6.26. The minimum absolute atomic E-state index is 0.567. The topological polar surface area (TPSA) is 71.3 Å². The van der Waals surface area contributed by atoms with Crippen LogP contribution in [0, 0.1) is 0 Å². The Bertz CT molecular complexity index is 4560. The molecule has 0 radical (unpaired) electrons. The zero-order valence-corrected chi connectivity index (χ0v) is 39.8. The minimum Gasteiger partial charge on any atom is -0.308 e. The van der Waals surface area contributed by atoms with Gasteiger partial charge in [-0.15, -0.1) is 0 Å². The lowest BCUT2D eigenvalue weighted by molar-refractivity contribution is 0.953. The first-order valence-corrected chi connectivity index (χ1v) is 24.9. The van der Waals surface area contributed by atoms with E-state index in [9.17, 15) is 0 Å². The summed E-state index contributed by atoms with van der Waals surface area (Å²) in [7, 11) is 0. The second kappa shape index (κ2) is 16.7. The molecule has 346 valence electrons. The number of nitrogens with zero attached hydrogens (tertiary/aromatic N) is 8. The molecule has 0 saturated carbocycles. The molecule has 8 heteroatoms. The summed E-state index contributed by atoms with van der Waals surface area (Å²) in [5.41, 5.74) is 15.6. The number of hydrogen-bond acceptors (Lipinski definition) is 4. The van der Waals surface area contributed by atoms with E-state index in [0.717, 1.165) is 116 Å². The summed E-state index contributed by atoms with van der Waals surface area (Å²) in [6.07, 6.45) is 0. The molecule has 0 aliphatic carbocycles. The fraction of sp³-hybridized carbons (Fsp3) is 0. The van der Waals surface area contributed by atoms with Crippen LogP contribution in [0.4, 0.5) is 0 Å². The van der Waals surface area contributed by atoms with Crippen molar-refractivity contribution in [3.8, 4) is 68.3 Å². The van der Waals surface area contributed by atoms with Gasteiger partial charge in [0.25, 0.3) is 0 Å². The smallest absolute Gasteiger partial charge is 0.238 e. The maximum atomic E-state index is 5.60. The minimum atomic E-state index is 0.567. The standard InChI is InChI=1S/C66H42N8/c1-7-21-43(22-8-1)62-67-63(44-23-9-2-10-24-44)69-66(68-62)74-55-34-20-19-33-51(55)53-41-46(36-39-57(53)74)47-35-38-56-54(42-47)52-37-40-58-59(60(52)71(56)48-27-13-4-14-28-48)61-65(72(58)49-29-15-5-16-30-49)70-64(45-25-11-3-12-26-45)73(61)50-31-17-6-18-32-50/h1-42H. The Morgan fingerprint density at radius 2 is 0.703 bits per heavy atom. The van der Waals surface area contributed by atoms with Crippen molar-refractivity contribution in [2.45, 2.75) is 0 Å². The number of aromatic nitrogens is 8. The van der Waals surface area contributed by atoms with Gasteiger partial charge in [-0.1, -0.05) is 182 Å². The summed E-state index contributed by atoms with van der Waals surface area (Å²) >= 11 is 0. The van der Waals surface area contributed by atoms with E-state index in [-0.39, 0.29) is 0 Å². The van der Waals surface area contributed by atoms with Gasteiger partial charge in [0, 0.05) is 55.3 Å². The first-order valence-electron chi connectivity index (χ1n) is 24.9. The summed E-state index contributed by atoms with van der Waals surface area (Å²) in [5, 5.41) is 5.67. The summed E-state index contributed by atoms with van der Waals surface area (Å²) in [5.74, 6) is 2.69. The van der Waals surface area contributed by atoms with E-state index in [1.54, 1.807) is 0 Å². The average molecular weight is 947 g/mol. The maximum Gasteiger partial charge on any atom is 0.238 e. The first-order chi connectivity index (χ1) is 36.7. The van der Waals surface area contributed by atoms with Gasteiger partial charge in [0.1, 0.15) is 11.3 Å². The molecular formula is C66H42N8. The number of imidazole rings is 1. The van der Waals surface area contributed by atoms with Crippen molar-refractivity contribution in [1.29, 1.82) is 0 Å². The van der Waals surface area contributed by atoms with Crippen molar-refractivity contribution in [2.75, 3.05) is 0 Å². The average Bonchev–Trinajstić information content (AvgIpc) is 4.31. The van der Waals surface area contributed by atoms with E-state index in [1.165, 1.54) is 0 Å². The summed E-state index contributed by atoms with van der Waals surface area (Å²) in [6, 6.07) is 89.7. The molecule has 5 heterocycles. The molecule has 0 aliphatic heterocycles. The maximum absolute atomic E-state index is 5.60. The number of para-hydroxylation sites is 4. The lowest BCUT2D eigenvalue weighted by Gasteiger charge is -2.12. The van der Waals surface area contributed by atoms with E-state index in [1.807, 2.05) is 60.7 Å². The van der Waals surface area contributed by atoms with Crippen LogP contribution in [-0.4, -0.2) is 38.2 Å². The van der Waals surface area contributed by atoms with Crippen LogP contribution in [0.5, 0.6) is 0 Å². The quantitative estimate of drug-likeness (QED) is 0.152. The van der Waals surface area contributed by atoms with Gasteiger partial charge in [0.2, 0.25) is 5.95 Å². The first kappa shape index (κ1) is 41.6. The molecule has 5 aromatic heterocycles. The number of hydrogen-bond donors (Lipinski definition) is 0. The van der Waals surface area contributed by atoms with Crippen LogP contribution in [0.25, 0.3) is 134 Å². The molecule has 0 spiro atoms. The molecule has 0 N–H and O–H groups in total. The lowest BCUT2D eigenvalue weighted by Crippen LogP contribution is -2.06. The molecule has 0 unspecified atom stereocenters. The third-order valence-corrected chi connectivity index (χ3v) is 14.4. The predicted molar refractivity (Wildman–Crippen MR) is 302 cm³/mol. The molecule has 0 amide bonds. The van der Waals surface area contributed by atoms with E-state index in [4.69, 9.17) is 19.9 Å². The molecule has 10 aromatic carbocycles. The van der Waals surface area contributed by atoms with Gasteiger partial charge in [0.15, 0.2) is 17.3 Å². The summed E-state index contributed by atoms with van der Waals surface area (Å²) in [4.78, 5) is 20.9. The van der Waals surface area contributed by atoms with Crippen LogP contribution in [0.3, 0.4) is 0 Å². The summed E-state index contributed by atoms with van der Waals surface area (Å²) < 4.78 is 9.33. The van der Waals surface area contributed by atoms with Gasteiger partial charge in [-0.2, -0.15) is 9.97 Å². The predicted octanol–water partition coefficient (Wildman–Crippen LogP) is 16.0. The Hall–Kier alpha value is -10.2. The van der Waals surface area contributed by atoms with Crippen molar-refractivity contribution in [3.63, 3.8) is 0 Å². The van der Waals surface area contributed by atoms with Crippen LogP contribution in [-0.2, 0) is 0 Å². The van der Waals surface area contributed by atoms with Crippen molar-refractivity contribution >= 4 is 65.7 Å². The van der Waals surface area contributed by atoms with Crippen molar-refractivity contribution in [1.82, 2.24) is 38.2 Å². The Morgan fingerprint density at radius 3 is 1.28 bits per heavy atom. The van der Waals surface area contributed by atoms with Crippen LogP contribution >= 0.6 is 0 Å². The highest BCUT2D eigenvalue weighted by Crippen LogP contribution is 2.45. The normalized spacial score (nSPS) is 11.8. The molecule has 15 aromatic rings. The zero-order valence-electron chi connectivity index (χ0n) is 39.8. The Morgan fingerprint density at radius 1 is 0.257 bits per heavy atom. The van der Waals surface area contributed by atoms with Crippen LogP contribution < -0.4 is 0 Å². The third-order valence-electron chi connectivity index (χ3n) is 14.4. The molecule has 74 heavy (non-hydrogen) atoms. The third kappa shape index (κ3) is 6.48. The zero-order chi connectivity index (χ0) is 48.7. The highest BCUT2D eigenvalue weighted by atomic mass is 15.2. The van der Waals surface area contributed by atoms with E-state index >= 15 is 0 Å². The Kier molecular flexibility index (Phi) is 9.40. The van der Waals surface area contributed by atoms with E-state index in [0.29, 0.717) is 17.6 Å². The van der Waals surface area contributed by atoms with Gasteiger partial charge in [0.05, 0.1) is 33.0 Å². The Balaban J connectivity index is 0.983. The van der Waals surface area contributed by atoms with Crippen LogP contribution in [0.2, 0.25) is 0 Å². The molecule has 0 bridgehead atoms. The fourth-order valence-corrected chi connectivity index (χ4v) is 11.2. The largest absolute Gasteiger partial charge is 0.308 e. The van der Waals surface area contributed by atoms with Gasteiger partial charge in [-0.05, 0) is 83.9 Å². The van der Waals surface area contributed by atoms with E-state index in [2.05, 4.69) is 212 Å². The fourth-order valence-electron chi connectivity index (χ4n) is 11.2. The lowest BCUT2D eigenvalue weighted by atomic mass is 10.0. The second-order valence-electron chi connectivity index (χ2n) is 18.7. The molecule has 15 rings (SSSR count). The molecule has 8 nitrogen and oxygen atoms in total. The van der Waals surface area contributed by atoms with Crippen molar-refractivity contribution in [2.24, 2.45) is 0 Å². The number of benzene rings is 10. The highest BCUT2D eigenvalue weighted by Gasteiger charge is 2.28.